The van der Waals surface area contributed by atoms with E-state index in [0.717, 1.165) is 22.3 Å². The third kappa shape index (κ3) is 3.31. The predicted molar refractivity (Wildman–Crippen MR) is 111 cm³/mol. The normalized spacial score (nSPS) is 16.1. The van der Waals surface area contributed by atoms with Crippen LogP contribution in [0.4, 0.5) is 0 Å². The van der Waals surface area contributed by atoms with Crippen LogP contribution < -0.4 is 5.32 Å². The van der Waals surface area contributed by atoms with Crippen molar-refractivity contribution in [3.63, 3.8) is 0 Å². The summed E-state index contributed by atoms with van der Waals surface area (Å²) in [5.41, 5.74) is 4.98. The average Bonchev–Trinajstić information content (AvgIpc) is 2.68. The summed E-state index contributed by atoms with van der Waals surface area (Å²) in [6.45, 7) is 2.46. The third-order valence-electron chi connectivity index (χ3n) is 4.77. The van der Waals surface area contributed by atoms with Gasteiger partial charge in [0.1, 0.15) is 5.82 Å². The monoisotopic (exact) mass is 407 g/mol. The fourth-order valence-electron chi connectivity index (χ4n) is 3.32. The average molecular weight is 408 g/mol. The summed E-state index contributed by atoms with van der Waals surface area (Å²) in [4.78, 5) is 14.4. The van der Waals surface area contributed by atoms with Crippen molar-refractivity contribution in [2.24, 2.45) is 0 Å². The first-order valence-electron chi connectivity index (χ1n) is 8.64. The van der Waals surface area contributed by atoms with E-state index < -0.39 is 0 Å². The van der Waals surface area contributed by atoms with E-state index in [1.807, 2.05) is 31.2 Å². The van der Waals surface area contributed by atoms with E-state index in [-0.39, 0.29) is 5.91 Å². The van der Waals surface area contributed by atoms with Crippen LogP contribution in [-0.2, 0) is 4.79 Å². The number of nitrogens with one attached hydrogen (secondary N) is 1. The number of rotatable bonds is 2. The Labute approximate surface area is 173 Å². The first-order valence-corrected chi connectivity index (χ1v) is 9.39. The molecule has 0 fully saturated rings. The number of hydrogen-bond acceptors (Lipinski definition) is 3. The van der Waals surface area contributed by atoms with Gasteiger partial charge in [0, 0.05) is 28.2 Å². The Bertz CT molecular complexity index is 1120. The molecule has 0 aliphatic carbocycles. The van der Waals surface area contributed by atoms with E-state index in [1.54, 1.807) is 35.2 Å². The number of allylic oxidation sites excluding steroid dienone is 2. The molecule has 28 heavy (non-hydrogen) atoms. The Morgan fingerprint density at radius 2 is 1.86 bits per heavy atom. The van der Waals surface area contributed by atoms with Crippen molar-refractivity contribution in [2.75, 3.05) is 6.54 Å². The van der Waals surface area contributed by atoms with Crippen LogP contribution >= 0.6 is 23.2 Å². The molecule has 0 saturated heterocycles. The van der Waals surface area contributed by atoms with Gasteiger partial charge < -0.3 is 5.32 Å². The van der Waals surface area contributed by atoms with E-state index in [0.29, 0.717) is 33.7 Å². The van der Waals surface area contributed by atoms with E-state index in [4.69, 9.17) is 28.5 Å². The minimum atomic E-state index is -0.0926. The number of carbonyl (C=O) groups excluding carboxylic acids is 1. The topological polar surface area (TPSA) is 56.1 Å². The highest BCUT2D eigenvalue weighted by molar-refractivity contribution is 6.35. The predicted octanol–water partition coefficient (Wildman–Crippen LogP) is 4.97. The van der Waals surface area contributed by atoms with E-state index in [9.17, 15) is 4.79 Å². The minimum Gasteiger partial charge on any atom is -0.341 e. The number of carbonyl (C=O) groups is 1. The Kier molecular flexibility index (Phi) is 4.72. The highest BCUT2D eigenvalue weighted by Gasteiger charge is 2.28. The molecule has 138 valence electrons. The number of nitrogens with zero attached hydrogens (tertiary/aromatic N) is 2. The van der Waals surface area contributed by atoms with Crippen LogP contribution in [0.3, 0.4) is 0 Å². The summed E-state index contributed by atoms with van der Waals surface area (Å²) in [5, 5.41) is 13.4. The van der Waals surface area contributed by atoms with E-state index in [2.05, 4.69) is 11.4 Å². The maximum Gasteiger partial charge on any atom is 0.254 e. The molecule has 1 N–H and O–H groups in total. The molecule has 0 atom stereocenters. The van der Waals surface area contributed by atoms with Crippen LogP contribution in [0.5, 0.6) is 0 Å². The Hall–Kier alpha value is -3.00. The summed E-state index contributed by atoms with van der Waals surface area (Å²) in [6, 6.07) is 14.6. The van der Waals surface area contributed by atoms with Gasteiger partial charge in [-0.3, -0.25) is 9.69 Å². The number of amides is 1. The zero-order chi connectivity index (χ0) is 19.8. The van der Waals surface area contributed by atoms with Crippen LogP contribution in [0.2, 0.25) is 10.0 Å². The summed E-state index contributed by atoms with van der Waals surface area (Å²) < 4.78 is 0. The molecule has 2 aliphatic heterocycles. The van der Waals surface area contributed by atoms with Crippen molar-refractivity contribution in [3.05, 3.63) is 92.7 Å². The quantitative estimate of drug-likeness (QED) is 0.764. The van der Waals surface area contributed by atoms with Crippen LogP contribution in [0.15, 0.2) is 66.0 Å². The fraction of sp³-hybridized carbons (Fsp3) is 0.0909. The van der Waals surface area contributed by atoms with E-state index >= 15 is 0 Å². The molecule has 4 nitrogen and oxygen atoms in total. The van der Waals surface area contributed by atoms with Gasteiger partial charge in [-0.05, 0) is 54.0 Å². The number of fused-ring (bicyclic) bond motifs is 1. The SMILES string of the molecule is CC1=C(c2ccc(Cl)cc2Cl)C=C2NC(c3ccc(C#N)cc3)=CC(=O)N2C1. The number of halogens is 2. The zero-order valence-electron chi connectivity index (χ0n) is 15.0. The Morgan fingerprint density at radius 3 is 2.54 bits per heavy atom. The highest BCUT2D eigenvalue weighted by Crippen LogP contribution is 2.35. The second-order valence-electron chi connectivity index (χ2n) is 6.64. The van der Waals surface area contributed by atoms with Gasteiger partial charge in [0.05, 0.1) is 17.3 Å². The maximum absolute atomic E-state index is 12.7. The zero-order valence-corrected chi connectivity index (χ0v) is 16.5. The van der Waals surface area contributed by atoms with Gasteiger partial charge >= 0.3 is 0 Å². The molecule has 0 bridgehead atoms. The summed E-state index contributed by atoms with van der Waals surface area (Å²) in [7, 11) is 0. The van der Waals surface area contributed by atoms with E-state index in [1.165, 1.54) is 0 Å². The smallest absolute Gasteiger partial charge is 0.254 e. The van der Waals surface area contributed by atoms with Crippen molar-refractivity contribution in [3.8, 4) is 6.07 Å². The largest absolute Gasteiger partial charge is 0.341 e. The van der Waals surface area contributed by atoms with Gasteiger partial charge in [-0.2, -0.15) is 5.26 Å². The van der Waals surface area contributed by atoms with Crippen LogP contribution in [-0.4, -0.2) is 17.4 Å². The molecule has 1 amide bonds. The van der Waals surface area contributed by atoms with Crippen molar-refractivity contribution in [1.82, 2.24) is 10.2 Å². The second-order valence-corrected chi connectivity index (χ2v) is 7.49. The molecule has 0 radical (unpaired) electrons. The van der Waals surface area contributed by atoms with Crippen LogP contribution in [0.25, 0.3) is 11.3 Å². The van der Waals surface area contributed by atoms with Crippen molar-refractivity contribution < 1.29 is 4.79 Å². The summed E-state index contributed by atoms with van der Waals surface area (Å²) >= 11 is 12.4. The molecule has 0 spiro atoms. The lowest BCUT2D eigenvalue weighted by molar-refractivity contribution is -0.124. The Morgan fingerprint density at radius 1 is 1.11 bits per heavy atom. The molecule has 0 saturated carbocycles. The maximum atomic E-state index is 12.7. The first-order chi connectivity index (χ1) is 13.5. The minimum absolute atomic E-state index is 0.0926. The first kappa shape index (κ1) is 18.4. The summed E-state index contributed by atoms with van der Waals surface area (Å²) in [6.07, 6.45) is 3.51. The molecule has 2 heterocycles. The van der Waals surface area contributed by atoms with Crippen molar-refractivity contribution >= 4 is 40.4 Å². The molecular formula is C22H15Cl2N3O. The van der Waals surface area contributed by atoms with Crippen molar-refractivity contribution in [2.45, 2.75) is 6.92 Å². The number of hydrogen-bond donors (Lipinski definition) is 1. The molecule has 2 aromatic rings. The second kappa shape index (κ2) is 7.20. The number of nitriles is 1. The molecule has 2 aromatic carbocycles. The Balaban J connectivity index is 1.71. The number of benzene rings is 2. The lowest BCUT2D eigenvalue weighted by Crippen LogP contribution is -2.42. The summed E-state index contributed by atoms with van der Waals surface area (Å²) in [5.74, 6) is 0.600. The molecule has 0 unspecified atom stereocenters. The van der Waals surface area contributed by atoms with Crippen LogP contribution in [0.1, 0.15) is 23.6 Å². The van der Waals surface area contributed by atoms with Gasteiger partial charge in [-0.1, -0.05) is 41.4 Å². The third-order valence-corrected chi connectivity index (χ3v) is 5.32. The lowest BCUT2D eigenvalue weighted by atomic mass is 9.96. The molecule has 2 aliphatic rings. The highest BCUT2D eigenvalue weighted by atomic mass is 35.5. The van der Waals surface area contributed by atoms with Gasteiger partial charge in [-0.25, -0.2) is 0 Å². The van der Waals surface area contributed by atoms with Gasteiger partial charge in [0.15, 0.2) is 0 Å². The molecule has 0 aromatic heterocycles. The lowest BCUT2D eigenvalue weighted by Gasteiger charge is -2.34. The molecular weight excluding hydrogens is 393 g/mol. The fourth-order valence-corrected chi connectivity index (χ4v) is 3.83. The van der Waals surface area contributed by atoms with Gasteiger partial charge in [0.25, 0.3) is 5.91 Å². The van der Waals surface area contributed by atoms with Crippen molar-refractivity contribution in [1.29, 1.82) is 5.26 Å². The van der Waals surface area contributed by atoms with Crippen LogP contribution in [0, 0.1) is 11.3 Å². The molecule has 4 rings (SSSR count). The van der Waals surface area contributed by atoms with Gasteiger partial charge in [-0.15, -0.1) is 0 Å². The standard InChI is InChI=1S/C22H15Cl2N3O/c1-13-12-27-21(9-18(13)17-7-6-16(23)8-19(17)24)26-20(10-22(27)28)15-4-2-14(11-25)3-5-15/h2-10,26H,12H2,1H3. The molecule has 6 heteroatoms. The van der Waals surface area contributed by atoms with Gasteiger partial charge in [0.2, 0.25) is 0 Å².